The fraction of sp³-hybridized carbons (Fsp3) is 0.875. The van der Waals surface area contributed by atoms with Crippen LogP contribution in [0, 0.1) is 11.8 Å². The summed E-state index contributed by atoms with van der Waals surface area (Å²) in [6.07, 6.45) is -0.970. The predicted molar refractivity (Wildman–Crippen MR) is 45.6 cm³/mol. The monoisotopic (exact) mass is 175 g/mol. The van der Waals surface area contributed by atoms with E-state index in [-0.39, 0.29) is 11.8 Å². The largest absolute Gasteiger partial charge is 0.480 e. The molecule has 0 aliphatic heterocycles. The van der Waals surface area contributed by atoms with Crippen LogP contribution in [0.1, 0.15) is 20.8 Å². The zero-order valence-electron chi connectivity index (χ0n) is 7.69. The minimum Gasteiger partial charge on any atom is -0.480 e. The second-order valence-corrected chi connectivity index (χ2v) is 3.46. The van der Waals surface area contributed by atoms with Crippen molar-refractivity contribution in [3.63, 3.8) is 0 Å². The lowest BCUT2D eigenvalue weighted by molar-refractivity contribution is -0.142. The molecule has 0 aliphatic carbocycles. The molecule has 0 rings (SSSR count). The van der Waals surface area contributed by atoms with Crippen LogP contribution in [-0.2, 0) is 4.79 Å². The van der Waals surface area contributed by atoms with Gasteiger partial charge in [0.1, 0.15) is 6.04 Å². The molecule has 0 saturated heterocycles. The maximum absolute atomic E-state index is 10.4. The minimum atomic E-state index is -1.18. The lowest BCUT2D eigenvalue weighted by Gasteiger charge is -2.24. The molecular weight excluding hydrogens is 158 g/mol. The third kappa shape index (κ3) is 2.79. The number of carboxylic acids is 1. The van der Waals surface area contributed by atoms with E-state index in [2.05, 4.69) is 0 Å². The molecule has 72 valence electrons. The van der Waals surface area contributed by atoms with Gasteiger partial charge in [0.05, 0.1) is 6.10 Å². The van der Waals surface area contributed by atoms with E-state index in [4.69, 9.17) is 10.8 Å². The molecule has 4 N–H and O–H groups in total. The molecule has 0 bridgehead atoms. The van der Waals surface area contributed by atoms with Crippen molar-refractivity contribution in [3.05, 3.63) is 0 Å². The van der Waals surface area contributed by atoms with Crippen LogP contribution in [0.5, 0.6) is 0 Å². The van der Waals surface area contributed by atoms with Crippen molar-refractivity contribution < 1.29 is 15.0 Å². The number of aliphatic hydroxyl groups is 1. The Labute approximate surface area is 72.4 Å². The van der Waals surface area contributed by atoms with Gasteiger partial charge in [0.15, 0.2) is 0 Å². The first-order valence-electron chi connectivity index (χ1n) is 4.04. The lowest BCUT2D eigenvalue weighted by Crippen LogP contribution is -2.46. The Morgan fingerprint density at radius 3 is 2.00 bits per heavy atom. The molecular formula is C8H17NO3. The van der Waals surface area contributed by atoms with E-state index in [0.29, 0.717) is 0 Å². The Morgan fingerprint density at radius 2 is 1.75 bits per heavy atom. The number of rotatable bonds is 4. The highest BCUT2D eigenvalue weighted by Gasteiger charge is 2.28. The van der Waals surface area contributed by atoms with E-state index in [1.807, 2.05) is 13.8 Å². The number of hydrogen-bond donors (Lipinski definition) is 3. The van der Waals surface area contributed by atoms with Crippen LogP contribution < -0.4 is 5.73 Å². The molecule has 0 radical (unpaired) electrons. The molecule has 0 spiro atoms. The molecule has 4 heteroatoms. The predicted octanol–water partition coefficient (Wildman–Crippen LogP) is 0.0513. The Kier molecular flexibility index (Phi) is 4.20. The summed E-state index contributed by atoms with van der Waals surface area (Å²) in [6.45, 7) is 5.63. The van der Waals surface area contributed by atoms with Gasteiger partial charge in [-0.25, -0.2) is 0 Å². The van der Waals surface area contributed by atoms with Gasteiger partial charge in [0.25, 0.3) is 0 Å². The Balaban J connectivity index is 4.18. The SMILES string of the molecule is CC(C)C(C)C(O)C(N)C(=O)O. The smallest absolute Gasteiger partial charge is 0.323 e. The van der Waals surface area contributed by atoms with Crippen molar-refractivity contribution in [2.45, 2.75) is 32.9 Å². The van der Waals surface area contributed by atoms with Gasteiger partial charge in [-0.1, -0.05) is 20.8 Å². The molecule has 4 nitrogen and oxygen atoms in total. The molecule has 0 heterocycles. The summed E-state index contributed by atoms with van der Waals surface area (Å²) in [5, 5.41) is 17.9. The van der Waals surface area contributed by atoms with E-state index >= 15 is 0 Å². The van der Waals surface area contributed by atoms with E-state index < -0.39 is 18.1 Å². The van der Waals surface area contributed by atoms with Gasteiger partial charge >= 0.3 is 5.97 Å². The highest BCUT2D eigenvalue weighted by atomic mass is 16.4. The van der Waals surface area contributed by atoms with Gasteiger partial charge in [0, 0.05) is 0 Å². The molecule has 0 aromatic rings. The maximum Gasteiger partial charge on any atom is 0.323 e. The maximum atomic E-state index is 10.4. The number of hydrogen-bond acceptors (Lipinski definition) is 3. The number of nitrogens with two attached hydrogens (primary N) is 1. The summed E-state index contributed by atoms with van der Waals surface area (Å²) < 4.78 is 0. The molecule has 0 aromatic carbocycles. The van der Waals surface area contributed by atoms with Gasteiger partial charge in [-0.05, 0) is 11.8 Å². The Morgan fingerprint density at radius 1 is 1.33 bits per heavy atom. The zero-order chi connectivity index (χ0) is 9.89. The molecule has 0 fully saturated rings. The molecule has 0 aromatic heterocycles. The summed E-state index contributed by atoms with van der Waals surface area (Å²) in [7, 11) is 0. The number of aliphatic hydroxyl groups excluding tert-OH is 1. The summed E-state index contributed by atoms with van der Waals surface area (Å²) >= 11 is 0. The third-order valence-electron chi connectivity index (χ3n) is 2.24. The lowest BCUT2D eigenvalue weighted by atomic mass is 9.88. The van der Waals surface area contributed by atoms with Crippen molar-refractivity contribution in [3.8, 4) is 0 Å². The average Bonchev–Trinajstić information content (AvgIpc) is 2.00. The van der Waals surface area contributed by atoms with Gasteiger partial charge in [-0.2, -0.15) is 0 Å². The van der Waals surface area contributed by atoms with Crippen LogP contribution in [0.4, 0.5) is 0 Å². The van der Waals surface area contributed by atoms with Crippen molar-refractivity contribution >= 4 is 5.97 Å². The molecule has 0 aliphatic rings. The van der Waals surface area contributed by atoms with Gasteiger partial charge in [-0.3, -0.25) is 4.79 Å². The zero-order valence-corrected chi connectivity index (χ0v) is 7.69. The molecule has 0 saturated carbocycles. The average molecular weight is 175 g/mol. The van der Waals surface area contributed by atoms with Crippen molar-refractivity contribution in [2.24, 2.45) is 17.6 Å². The van der Waals surface area contributed by atoms with Crippen LogP contribution in [0.3, 0.4) is 0 Å². The number of carbonyl (C=O) groups is 1. The third-order valence-corrected chi connectivity index (χ3v) is 2.24. The van der Waals surface area contributed by atoms with Gasteiger partial charge < -0.3 is 15.9 Å². The summed E-state index contributed by atoms with van der Waals surface area (Å²) in [5.41, 5.74) is 5.25. The second kappa shape index (κ2) is 4.42. The number of aliphatic carboxylic acids is 1. The quantitative estimate of drug-likeness (QED) is 0.563. The highest BCUT2D eigenvalue weighted by Crippen LogP contribution is 2.16. The van der Waals surface area contributed by atoms with Gasteiger partial charge in [-0.15, -0.1) is 0 Å². The van der Waals surface area contributed by atoms with E-state index in [1.165, 1.54) is 0 Å². The van der Waals surface area contributed by atoms with Crippen molar-refractivity contribution in [1.29, 1.82) is 0 Å². The molecule has 3 unspecified atom stereocenters. The molecule has 3 atom stereocenters. The fourth-order valence-electron chi connectivity index (χ4n) is 0.867. The molecule has 0 amide bonds. The normalized spacial score (nSPS) is 18.8. The number of carboxylic acid groups (broad SMARTS) is 1. The van der Waals surface area contributed by atoms with Crippen LogP contribution in [0.15, 0.2) is 0 Å². The van der Waals surface area contributed by atoms with Crippen LogP contribution in [0.25, 0.3) is 0 Å². The van der Waals surface area contributed by atoms with Crippen molar-refractivity contribution in [1.82, 2.24) is 0 Å². The van der Waals surface area contributed by atoms with Crippen LogP contribution in [0.2, 0.25) is 0 Å². The summed E-state index contributed by atoms with van der Waals surface area (Å²) in [4.78, 5) is 10.4. The second-order valence-electron chi connectivity index (χ2n) is 3.46. The van der Waals surface area contributed by atoms with E-state index in [0.717, 1.165) is 0 Å². The highest BCUT2D eigenvalue weighted by molar-refractivity contribution is 5.73. The van der Waals surface area contributed by atoms with E-state index in [9.17, 15) is 9.90 Å². The summed E-state index contributed by atoms with van der Waals surface area (Å²) in [5.74, 6) is -1.03. The summed E-state index contributed by atoms with van der Waals surface area (Å²) in [6, 6.07) is -1.18. The van der Waals surface area contributed by atoms with Crippen LogP contribution in [-0.4, -0.2) is 28.3 Å². The Hall–Kier alpha value is -0.610. The minimum absolute atomic E-state index is 0.101. The first-order chi connectivity index (χ1) is 5.37. The van der Waals surface area contributed by atoms with E-state index in [1.54, 1.807) is 6.92 Å². The molecule has 12 heavy (non-hydrogen) atoms. The van der Waals surface area contributed by atoms with Gasteiger partial charge in [0.2, 0.25) is 0 Å². The van der Waals surface area contributed by atoms with Crippen molar-refractivity contribution in [2.75, 3.05) is 0 Å². The fourth-order valence-corrected chi connectivity index (χ4v) is 0.867. The first-order valence-corrected chi connectivity index (χ1v) is 4.04. The van der Waals surface area contributed by atoms with Crippen LogP contribution >= 0.6 is 0 Å². The first kappa shape index (κ1) is 11.4. The topological polar surface area (TPSA) is 83.5 Å². The standard InChI is InChI=1S/C8H17NO3/c1-4(2)5(3)7(10)6(9)8(11)12/h4-7,10H,9H2,1-3H3,(H,11,12). The Bertz CT molecular complexity index is 158.